The monoisotopic (exact) mass is 174 g/mol. The van der Waals surface area contributed by atoms with Gasteiger partial charge in [-0.2, -0.15) is 0 Å². The number of carboxylic acid groups (broad SMARTS) is 1. The van der Waals surface area contributed by atoms with Crippen molar-refractivity contribution in [1.29, 1.82) is 0 Å². The van der Waals surface area contributed by atoms with Crippen LogP contribution in [0.5, 0.6) is 0 Å². The molecule has 68 valence electrons. The molecular weight excluding hydrogens is 164 g/mol. The maximum absolute atomic E-state index is 10.6. The molecule has 0 amide bonds. The van der Waals surface area contributed by atoms with Gasteiger partial charge < -0.3 is 14.6 Å². The summed E-state index contributed by atoms with van der Waals surface area (Å²) in [4.78, 5) is 20.5. The highest BCUT2D eigenvalue weighted by molar-refractivity contribution is 5.75. The summed E-state index contributed by atoms with van der Waals surface area (Å²) in [5.41, 5.74) is 0. The largest absolute Gasteiger partial charge is 0.487 e. The van der Waals surface area contributed by atoms with Crippen molar-refractivity contribution in [3.8, 4) is 0 Å². The molecule has 12 heavy (non-hydrogen) atoms. The van der Waals surface area contributed by atoms with Crippen LogP contribution in [0.3, 0.4) is 0 Å². The van der Waals surface area contributed by atoms with Crippen LogP contribution in [0, 0.1) is 0 Å². The highest BCUT2D eigenvalue weighted by Crippen LogP contribution is 1.90. The first-order chi connectivity index (χ1) is 5.52. The molecule has 0 saturated heterocycles. The lowest BCUT2D eigenvalue weighted by Gasteiger charge is -2.03. The maximum atomic E-state index is 10.6. The summed E-state index contributed by atoms with van der Waals surface area (Å²) in [6, 6.07) is 0. The van der Waals surface area contributed by atoms with Crippen LogP contribution in [0.1, 0.15) is 6.92 Å². The summed E-state index contributed by atoms with van der Waals surface area (Å²) in [5.74, 6) is -1.54. The second-order valence-electron chi connectivity index (χ2n) is 2.05. The summed E-state index contributed by atoms with van der Waals surface area (Å²) < 4.78 is 8.92. The molecule has 0 aromatic rings. The van der Waals surface area contributed by atoms with Gasteiger partial charge in [0.25, 0.3) is 0 Å². The number of ether oxygens (including phenoxy) is 2. The predicted octanol–water partition coefficient (Wildman–Crippen LogP) is 0.164. The first-order valence-corrected chi connectivity index (χ1v) is 3.18. The van der Waals surface area contributed by atoms with Crippen LogP contribution in [0.2, 0.25) is 0 Å². The zero-order valence-corrected chi connectivity index (χ0v) is 6.70. The molecule has 0 aromatic carbocycles. The summed E-state index contributed by atoms with van der Waals surface area (Å²) in [6.45, 7) is 4.01. The average Bonchev–Trinajstić information content (AvgIpc) is 1.96. The van der Waals surface area contributed by atoms with Gasteiger partial charge in [-0.25, -0.2) is 9.59 Å². The maximum Gasteiger partial charge on any atom is 0.344 e. The predicted molar refractivity (Wildman–Crippen MR) is 39.4 cm³/mol. The Hall–Kier alpha value is -1.52. The van der Waals surface area contributed by atoms with Gasteiger partial charge in [0.2, 0.25) is 0 Å². The van der Waals surface area contributed by atoms with E-state index in [1.54, 1.807) is 6.92 Å². The van der Waals surface area contributed by atoms with E-state index in [1.165, 1.54) is 0 Å². The summed E-state index contributed by atoms with van der Waals surface area (Å²) in [7, 11) is 0. The summed E-state index contributed by atoms with van der Waals surface area (Å²) in [6.07, 6.45) is 0. The fourth-order valence-corrected chi connectivity index (χ4v) is 0.366. The molecule has 5 nitrogen and oxygen atoms in total. The third-order valence-electron chi connectivity index (χ3n) is 0.793. The molecule has 1 N–H and O–H groups in total. The van der Waals surface area contributed by atoms with Gasteiger partial charge in [-0.05, 0) is 6.92 Å². The van der Waals surface area contributed by atoms with E-state index in [0.29, 0.717) is 5.76 Å². The van der Waals surface area contributed by atoms with Gasteiger partial charge in [-0.15, -0.1) is 0 Å². The Morgan fingerprint density at radius 1 is 1.33 bits per heavy atom. The number of carbonyl (C=O) groups is 2. The molecule has 0 aliphatic rings. The zero-order chi connectivity index (χ0) is 9.56. The third-order valence-corrected chi connectivity index (χ3v) is 0.793. The van der Waals surface area contributed by atoms with E-state index in [-0.39, 0.29) is 6.61 Å². The lowest BCUT2D eigenvalue weighted by atomic mass is 10.6. The van der Waals surface area contributed by atoms with Gasteiger partial charge in [0.05, 0.1) is 5.76 Å². The molecule has 0 aliphatic carbocycles. The highest BCUT2D eigenvalue weighted by atomic mass is 16.6. The SMILES string of the molecule is C=C(C)OCC(=O)OCC(=O)O. The van der Waals surface area contributed by atoms with Crippen molar-refractivity contribution in [3.63, 3.8) is 0 Å². The van der Waals surface area contributed by atoms with E-state index in [9.17, 15) is 9.59 Å². The second-order valence-corrected chi connectivity index (χ2v) is 2.05. The number of allylic oxidation sites excluding steroid dienone is 1. The molecule has 5 heteroatoms. The average molecular weight is 174 g/mol. The molecule has 0 aromatic heterocycles. The van der Waals surface area contributed by atoms with Crippen molar-refractivity contribution in [2.24, 2.45) is 0 Å². The zero-order valence-electron chi connectivity index (χ0n) is 6.70. The molecular formula is C7H10O5. The van der Waals surface area contributed by atoms with Crippen molar-refractivity contribution < 1.29 is 24.2 Å². The fraction of sp³-hybridized carbons (Fsp3) is 0.429. The van der Waals surface area contributed by atoms with E-state index in [2.05, 4.69) is 16.1 Å². The number of hydrogen-bond donors (Lipinski definition) is 1. The van der Waals surface area contributed by atoms with Crippen LogP contribution in [0.25, 0.3) is 0 Å². The van der Waals surface area contributed by atoms with E-state index < -0.39 is 18.5 Å². The lowest BCUT2D eigenvalue weighted by Crippen LogP contribution is -2.16. The van der Waals surface area contributed by atoms with Crippen molar-refractivity contribution in [1.82, 2.24) is 0 Å². The number of carbonyl (C=O) groups excluding carboxylic acids is 1. The Kier molecular flexibility index (Phi) is 4.52. The quantitative estimate of drug-likeness (QED) is 0.475. The van der Waals surface area contributed by atoms with Gasteiger partial charge in [0.15, 0.2) is 13.2 Å². The van der Waals surface area contributed by atoms with Gasteiger partial charge in [0, 0.05) is 0 Å². The molecule has 0 saturated carbocycles. The van der Waals surface area contributed by atoms with E-state index in [4.69, 9.17) is 5.11 Å². The first kappa shape index (κ1) is 10.5. The Morgan fingerprint density at radius 3 is 2.33 bits per heavy atom. The molecule has 0 spiro atoms. The topological polar surface area (TPSA) is 72.8 Å². The Morgan fingerprint density at radius 2 is 1.92 bits per heavy atom. The fourth-order valence-electron chi connectivity index (χ4n) is 0.366. The normalized spacial score (nSPS) is 8.75. The molecule has 0 atom stereocenters. The molecule has 0 radical (unpaired) electrons. The van der Waals surface area contributed by atoms with Crippen molar-refractivity contribution in [2.45, 2.75) is 6.92 Å². The minimum absolute atomic E-state index is 0.303. The van der Waals surface area contributed by atoms with Crippen molar-refractivity contribution >= 4 is 11.9 Å². The first-order valence-electron chi connectivity index (χ1n) is 3.18. The molecule has 0 bridgehead atoms. The highest BCUT2D eigenvalue weighted by Gasteiger charge is 2.05. The molecule has 0 aliphatic heterocycles. The number of hydrogen-bond acceptors (Lipinski definition) is 4. The molecule has 0 heterocycles. The van der Waals surface area contributed by atoms with Gasteiger partial charge in [0.1, 0.15) is 0 Å². The number of aliphatic carboxylic acids is 1. The Bertz CT molecular complexity index is 176. The van der Waals surface area contributed by atoms with Crippen LogP contribution in [0.15, 0.2) is 12.3 Å². The molecule has 0 unspecified atom stereocenters. The van der Waals surface area contributed by atoms with Crippen molar-refractivity contribution in [3.05, 3.63) is 12.3 Å². The molecule has 0 fully saturated rings. The van der Waals surface area contributed by atoms with Crippen LogP contribution in [-0.4, -0.2) is 30.3 Å². The van der Waals surface area contributed by atoms with E-state index in [0.717, 1.165) is 0 Å². The summed E-state index contributed by atoms with van der Waals surface area (Å²) in [5, 5.41) is 8.10. The minimum atomic E-state index is -1.20. The standard InChI is InChI=1S/C7H10O5/c1-5(2)11-4-7(10)12-3-6(8)9/h1,3-4H2,2H3,(H,8,9). The van der Waals surface area contributed by atoms with Crippen LogP contribution in [0.4, 0.5) is 0 Å². The summed E-state index contributed by atoms with van der Waals surface area (Å²) >= 11 is 0. The van der Waals surface area contributed by atoms with Crippen LogP contribution >= 0.6 is 0 Å². The third kappa shape index (κ3) is 6.60. The van der Waals surface area contributed by atoms with E-state index >= 15 is 0 Å². The number of rotatable bonds is 5. The molecule has 0 rings (SSSR count). The van der Waals surface area contributed by atoms with Gasteiger partial charge in [-0.3, -0.25) is 0 Å². The van der Waals surface area contributed by atoms with Crippen LogP contribution in [-0.2, 0) is 19.1 Å². The minimum Gasteiger partial charge on any atom is -0.487 e. The Labute approximate surface area is 69.6 Å². The lowest BCUT2D eigenvalue weighted by molar-refractivity contribution is -0.157. The van der Waals surface area contributed by atoms with Gasteiger partial charge in [-0.1, -0.05) is 6.58 Å². The van der Waals surface area contributed by atoms with Gasteiger partial charge >= 0.3 is 11.9 Å². The smallest absolute Gasteiger partial charge is 0.344 e. The van der Waals surface area contributed by atoms with Crippen molar-refractivity contribution in [2.75, 3.05) is 13.2 Å². The Balaban J connectivity index is 3.47. The number of carboxylic acids is 1. The second kappa shape index (κ2) is 5.17. The number of esters is 1. The van der Waals surface area contributed by atoms with Crippen LogP contribution < -0.4 is 0 Å². The van der Waals surface area contributed by atoms with E-state index in [1.807, 2.05) is 0 Å².